The molecule has 1 saturated heterocycles. The summed E-state index contributed by atoms with van der Waals surface area (Å²) in [4.78, 5) is 44.0. The van der Waals surface area contributed by atoms with Gasteiger partial charge in [-0.25, -0.2) is 33.8 Å². The highest BCUT2D eigenvalue weighted by atomic mass is 19.4. The molecule has 5 aromatic rings. The first-order chi connectivity index (χ1) is 23.4. The molecule has 1 fully saturated rings. The predicted molar refractivity (Wildman–Crippen MR) is 162 cm³/mol. The SMILES string of the molecule is O=C(O)C(F)(F)F.[C-]#[N+]c1ccc(COc2nccnc2C2CCN(Cc3nc4ccc(C(=O)O)cc4n3Cc3ncco3)CC2)c(F)c1. The van der Waals surface area contributed by atoms with E-state index in [4.69, 9.17) is 30.6 Å². The molecule has 0 aliphatic carbocycles. The van der Waals surface area contributed by atoms with Gasteiger partial charge in [0.25, 0.3) is 0 Å². The summed E-state index contributed by atoms with van der Waals surface area (Å²) in [5.74, 6) is -2.45. The molecule has 0 saturated carbocycles. The zero-order valence-electron chi connectivity index (χ0n) is 25.5. The zero-order valence-corrected chi connectivity index (χ0v) is 25.5. The number of aromatic carboxylic acids is 1. The molecule has 254 valence electrons. The van der Waals surface area contributed by atoms with Gasteiger partial charge in [0.05, 0.1) is 35.9 Å². The molecule has 4 heterocycles. The van der Waals surface area contributed by atoms with E-state index in [1.807, 2.05) is 4.57 Å². The molecule has 0 amide bonds. The molecular weight excluding hydrogens is 654 g/mol. The number of aliphatic carboxylic acids is 1. The molecule has 1 aliphatic heterocycles. The van der Waals surface area contributed by atoms with Crippen LogP contribution in [-0.2, 0) is 24.5 Å². The number of benzene rings is 2. The molecule has 1 aliphatic rings. The largest absolute Gasteiger partial charge is 0.490 e. The van der Waals surface area contributed by atoms with Crippen LogP contribution < -0.4 is 4.74 Å². The third-order valence-electron chi connectivity index (χ3n) is 7.65. The third-order valence-corrected chi connectivity index (χ3v) is 7.65. The molecule has 13 nitrogen and oxygen atoms in total. The standard InChI is InChI=1S/C30H26FN7O4.C2HF3O2/c1-32-22-4-2-21(23(31)15-22)18-42-29-28(34-8-9-35-29)19-6-11-37(12-7-19)16-26-36-24-5-3-20(30(39)40)14-25(24)38(26)17-27-33-10-13-41-27;3-2(4,5)1(6)7/h2-5,8-10,13-15,19H,6-7,11-12,16-18H2,(H,39,40);(H,6,7). The molecule has 6 rings (SSSR count). The fourth-order valence-electron chi connectivity index (χ4n) is 5.23. The van der Waals surface area contributed by atoms with Crippen molar-refractivity contribution < 1.29 is 46.5 Å². The highest BCUT2D eigenvalue weighted by Crippen LogP contribution is 2.33. The van der Waals surface area contributed by atoms with E-state index in [9.17, 15) is 27.5 Å². The number of aromatic nitrogens is 5. The van der Waals surface area contributed by atoms with Gasteiger partial charge < -0.3 is 23.9 Å². The topological polar surface area (TPSA) is 161 Å². The summed E-state index contributed by atoms with van der Waals surface area (Å²) in [7, 11) is 0. The van der Waals surface area contributed by atoms with Crippen LogP contribution >= 0.6 is 0 Å². The zero-order chi connectivity index (χ0) is 35.1. The summed E-state index contributed by atoms with van der Waals surface area (Å²) in [6.45, 7) is 9.47. The molecule has 49 heavy (non-hydrogen) atoms. The van der Waals surface area contributed by atoms with Crippen LogP contribution in [0.25, 0.3) is 15.9 Å². The van der Waals surface area contributed by atoms with Gasteiger partial charge in [-0.2, -0.15) is 13.2 Å². The molecule has 0 spiro atoms. The summed E-state index contributed by atoms with van der Waals surface area (Å²) < 4.78 is 59.4. The number of carboxylic acids is 2. The number of rotatable bonds is 9. The molecule has 2 aromatic carbocycles. The Morgan fingerprint density at radius 1 is 1.02 bits per heavy atom. The Morgan fingerprint density at radius 3 is 2.39 bits per heavy atom. The molecular formula is C32H27F4N7O6. The van der Waals surface area contributed by atoms with E-state index >= 15 is 0 Å². The Hall–Kier alpha value is -5.89. The van der Waals surface area contributed by atoms with Crippen LogP contribution in [0.1, 0.15) is 52.1 Å². The average molecular weight is 682 g/mol. The maximum absolute atomic E-state index is 14.4. The number of carbonyl (C=O) groups is 2. The number of hydrogen-bond donors (Lipinski definition) is 2. The smallest absolute Gasteiger partial charge is 0.478 e. The van der Waals surface area contributed by atoms with Gasteiger partial charge in [0, 0.05) is 23.9 Å². The van der Waals surface area contributed by atoms with Crippen LogP contribution in [0.5, 0.6) is 5.88 Å². The summed E-state index contributed by atoms with van der Waals surface area (Å²) in [6, 6.07) is 9.22. The number of ether oxygens (including phenoxy) is 1. The molecule has 17 heteroatoms. The van der Waals surface area contributed by atoms with Crippen LogP contribution in [0.15, 0.2) is 65.7 Å². The predicted octanol–water partition coefficient (Wildman–Crippen LogP) is 5.84. The second kappa shape index (κ2) is 14.9. The Kier molecular flexibility index (Phi) is 10.5. The molecule has 0 radical (unpaired) electrons. The van der Waals surface area contributed by atoms with Crippen molar-refractivity contribution in [3.05, 3.63) is 107 Å². The van der Waals surface area contributed by atoms with Gasteiger partial charge in [0.1, 0.15) is 36.8 Å². The minimum Gasteiger partial charge on any atom is -0.478 e. The van der Waals surface area contributed by atoms with Crippen LogP contribution in [-0.4, -0.2) is 70.8 Å². The Bertz CT molecular complexity index is 1980. The maximum atomic E-state index is 14.4. The number of piperidine rings is 1. The number of imidazole rings is 1. The van der Waals surface area contributed by atoms with Crippen molar-refractivity contribution in [3.8, 4) is 5.88 Å². The lowest BCUT2D eigenvalue weighted by molar-refractivity contribution is -0.192. The number of fused-ring (bicyclic) bond motifs is 1. The van der Waals surface area contributed by atoms with Crippen molar-refractivity contribution in [1.82, 2.24) is 29.4 Å². The fraction of sp³-hybridized carbons (Fsp3) is 0.281. The number of nitrogens with zero attached hydrogens (tertiary/aromatic N) is 7. The van der Waals surface area contributed by atoms with E-state index in [1.165, 1.54) is 12.3 Å². The van der Waals surface area contributed by atoms with E-state index in [-0.39, 0.29) is 23.8 Å². The van der Waals surface area contributed by atoms with Crippen molar-refractivity contribution >= 4 is 28.7 Å². The van der Waals surface area contributed by atoms with Gasteiger partial charge in [-0.05, 0) is 50.2 Å². The highest BCUT2D eigenvalue weighted by Gasteiger charge is 2.38. The van der Waals surface area contributed by atoms with E-state index in [0.717, 1.165) is 37.4 Å². The molecule has 0 unspecified atom stereocenters. The van der Waals surface area contributed by atoms with Gasteiger partial charge in [-0.3, -0.25) is 9.88 Å². The number of carboxylic acid groups (broad SMARTS) is 2. The first-order valence-corrected chi connectivity index (χ1v) is 14.7. The van der Waals surface area contributed by atoms with Gasteiger partial charge in [-0.15, -0.1) is 0 Å². The minimum absolute atomic E-state index is 0.0149. The van der Waals surface area contributed by atoms with Crippen molar-refractivity contribution in [2.75, 3.05) is 13.1 Å². The van der Waals surface area contributed by atoms with Crippen LogP contribution in [0.3, 0.4) is 0 Å². The van der Waals surface area contributed by atoms with E-state index in [2.05, 4.69) is 24.7 Å². The van der Waals surface area contributed by atoms with Crippen LogP contribution in [0.2, 0.25) is 0 Å². The minimum atomic E-state index is -5.08. The fourth-order valence-corrected chi connectivity index (χ4v) is 5.23. The lowest BCUT2D eigenvalue weighted by Gasteiger charge is -2.31. The number of alkyl halides is 3. The normalized spacial score (nSPS) is 13.8. The molecule has 2 N–H and O–H groups in total. The first kappa shape index (κ1) is 34.4. The second-order valence-corrected chi connectivity index (χ2v) is 10.8. The van der Waals surface area contributed by atoms with Crippen molar-refractivity contribution in [2.24, 2.45) is 0 Å². The second-order valence-electron chi connectivity index (χ2n) is 10.8. The average Bonchev–Trinajstić information content (AvgIpc) is 3.72. The van der Waals surface area contributed by atoms with Crippen molar-refractivity contribution in [1.29, 1.82) is 0 Å². The van der Waals surface area contributed by atoms with Crippen LogP contribution in [0, 0.1) is 12.4 Å². The van der Waals surface area contributed by atoms with Gasteiger partial charge >= 0.3 is 18.1 Å². The summed E-state index contributed by atoms with van der Waals surface area (Å²) >= 11 is 0. The number of hydrogen-bond acceptors (Lipinski definition) is 9. The van der Waals surface area contributed by atoms with E-state index in [0.29, 0.717) is 41.5 Å². The first-order valence-electron chi connectivity index (χ1n) is 14.7. The summed E-state index contributed by atoms with van der Waals surface area (Å²) in [6.07, 6.45) is 2.82. The van der Waals surface area contributed by atoms with Gasteiger partial charge in [0.2, 0.25) is 11.8 Å². The Balaban J connectivity index is 0.000000606. The Labute approximate surface area is 275 Å². The Morgan fingerprint density at radius 2 is 1.76 bits per heavy atom. The summed E-state index contributed by atoms with van der Waals surface area (Å²) in [5, 5.41) is 16.6. The summed E-state index contributed by atoms with van der Waals surface area (Å²) in [5.41, 5.74) is 2.93. The lowest BCUT2D eigenvalue weighted by Crippen LogP contribution is -2.33. The molecule has 0 bridgehead atoms. The third kappa shape index (κ3) is 8.53. The van der Waals surface area contributed by atoms with Gasteiger partial charge in [0.15, 0.2) is 5.69 Å². The van der Waals surface area contributed by atoms with E-state index < -0.39 is 23.9 Å². The number of halogens is 4. The molecule has 3 aromatic heterocycles. The maximum Gasteiger partial charge on any atom is 0.490 e. The lowest BCUT2D eigenvalue weighted by atomic mass is 9.93. The van der Waals surface area contributed by atoms with Crippen LogP contribution in [0.4, 0.5) is 23.2 Å². The van der Waals surface area contributed by atoms with Crippen molar-refractivity contribution in [2.45, 2.75) is 44.6 Å². The van der Waals surface area contributed by atoms with Crippen molar-refractivity contribution in [3.63, 3.8) is 0 Å². The monoisotopic (exact) mass is 681 g/mol. The number of oxazole rings is 1. The quantitative estimate of drug-likeness (QED) is 0.142. The van der Waals surface area contributed by atoms with E-state index in [1.54, 1.807) is 48.9 Å². The highest BCUT2D eigenvalue weighted by molar-refractivity contribution is 5.92. The van der Waals surface area contributed by atoms with Gasteiger partial charge in [-0.1, -0.05) is 12.1 Å². The number of likely N-dealkylation sites (tertiary alicyclic amines) is 1. The molecule has 0 atom stereocenters.